The second-order valence-electron chi connectivity index (χ2n) is 2.89. The molecule has 0 atom stereocenters. The van der Waals surface area contributed by atoms with Crippen LogP contribution in [0.3, 0.4) is 0 Å². The van der Waals surface area contributed by atoms with Gasteiger partial charge in [0.25, 0.3) is 10.1 Å². The Kier molecular flexibility index (Phi) is 3.39. The molecule has 1 aromatic rings. The van der Waals surface area contributed by atoms with E-state index in [1.165, 1.54) is 24.3 Å². The Labute approximate surface area is 90.0 Å². The first kappa shape index (κ1) is 12.7. The predicted octanol–water partition coefficient (Wildman–Crippen LogP) is 2.48. The van der Waals surface area contributed by atoms with E-state index in [9.17, 15) is 21.6 Å². The molecule has 0 heterocycles. The monoisotopic (exact) mass is 252 g/mol. The van der Waals surface area contributed by atoms with Crippen LogP contribution in [0.25, 0.3) is 6.08 Å². The van der Waals surface area contributed by atoms with Gasteiger partial charge in [0, 0.05) is 0 Å². The van der Waals surface area contributed by atoms with Gasteiger partial charge >= 0.3 is 6.18 Å². The molecule has 0 bridgehead atoms. The van der Waals surface area contributed by atoms with Crippen LogP contribution in [0, 0.1) is 0 Å². The summed E-state index contributed by atoms with van der Waals surface area (Å²) >= 11 is 0. The van der Waals surface area contributed by atoms with Crippen molar-refractivity contribution in [1.29, 1.82) is 0 Å². The van der Waals surface area contributed by atoms with Gasteiger partial charge in [-0.3, -0.25) is 4.55 Å². The summed E-state index contributed by atoms with van der Waals surface area (Å²) in [6.07, 6.45) is -4.75. The highest BCUT2D eigenvalue weighted by atomic mass is 32.2. The highest BCUT2D eigenvalue weighted by molar-refractivity contribution is 7.90. The third-order valence-corrected chi connectivity index (χ3v) is 2.56. The molecule has 0 amide bonds. The zero-order valence-corrected chi connectivity index (χ0v) is 8.59. The number of rotatable bonds is 2. The molecule has 88 valence electrons. The van der Waals surface area contributed by atoms with E-state index < -0.39 is 21.2 Å². The number of halogens is 3. The van der Waals surface area contributed by atoms with Gasteiger partial charge in [0.05, 0.1) is 0 Å². The van der Waals surface area contributed by atoms with Crippen LogP contribution in [0.2, 0.25) is 0 Å². The van der Waals surface area contributed by atoms with Gasteiger partial charge < -0.3 is 0 Å². The van der Waals surface area contributed by atoms with Crippen molar-refractivity contribution in [2.75, 3.05) is 0 Å². The molecule has 7 heteroatoms. The summed E-state index contributed by atoms with van der Waals surface area (Å²) in [5.41, 5.74) is 0.0347. The van der Waals surface area contributed by atoms with Gasteiger partial charge in [-0.15, -0.1) is 0 Å². The standard InChI is InChI=1S/C9H7F3O3S/c10-9(11,12)8(16(13,14)15)6-7-4-2-1-3-5-7/h1-6H,(H,13,14,15). The highest BCUT2D eigenvalue weighted by Crippen LogP contribution is 2.30. The van der Waals surface area contributed by atoms with Crippen LogP contribution >= 0.6 is 0 Å². The highest BCUT2D eigenvalue weighted by Gasteiger charge is 2.41. The van der Waals surface area contributed by atoms with E-state index in [2.05, 4.69) is 0 Å². The first-order chi connectivity index (χ1) is 7.21. The molecule has 1 rings (SSSR count). The van der Waals surface area contributed by atoms with E-state index >= 15 is 0 Å². The average molecular weight is 252 g/mol. The second-order valence-corrected chi connectivity index (χ2v) is 4.28. The SMILES string of the molecule is O=S(=O)(O)C(=Cc1ccccc1)C(F)(F)F. The molecule has 0 aliphatic rings. The maximum Gasteiger partial charge on any atom is 0.429 e. The smallest absolute Gasteiger partial charge is 0.282 e. The maximum atomic E-state index is 12.3. The lowest BCUT2D eigenvalue weighted by molar-refractivity contribution is -0.0842. The number of benzene rings is 1. The van der Waals surface area contributed by atoms with Crippen LogP contribution in [-0.4, -0.2) is 19.1 Å². The number of allylic oxidation sites excluding steroid dienone is 1. The number of hydrogen-bond donors (Lipinski definition) is 1. The van der Waals surface area contributed by atoms with E-state index in [1.807, 2.05) is 0 Å². The summed E-state index contributed by atoms with van der Waals surface area (Å²) in [6.45, 7) is 0. The van der Waals surface area contributed by atoms with E-state index in [-0.39, 0.29) is 5.56 Å². The van der Waals surface area contributed by atoms with E-state index in [0.717, 1.165) is 0 Å². The fraction of sp³-hybridized carbons (Fsp3) is 0.111. The molecule has 0 aromatic heterocycles. The molecule has 0 saturated carbocycles. The van der Waals surface area contributed by atoms with Gasteiger partial charge in [0.15, 0.2) is 4.91 Å². The molecule has 16 heavy (non-hydrogen) atoms. The summed E-state index contributed by atoms with van der Waals surface area (Å²) < 4.78 is 66.4. The van der Waals surface area contributed by atoms with Crippen molar-refractivity contribution in [2.45, 2.75) is 6.18 Å². The summed E-state index contributed by atoms with van der Waals surface area (Å²) in [4.78, 5) is -1.98. The lowest BCUT2D eigenvalue weighted by atomic mass is 10.2. The lowest BCUT2D eigenvalue weighted by Crippen LogP contribution is -2.19. The molecule has 0 aliphatic heterocycles. The molecule has 0 radical (unpaired) electrons. The van der Waals surface area contributed by atoms with Crippen LogP contribution in [-0.2, 0) is 10.1 Å². The molecule has 0 unspecified atom stereocenters. The zero-order chi connectivity index (χ0) is 12.4. The minimum absolute atomic E-state index is 0.0347. The van der Waals surface area contributed by atoms with Crippen LogP contribution in [0.15, 0.2) is 35.2 Å². The minimum Gasteiger partial charge on any atom is -0.282 e. The van der Waals surface area contributed by atoms with Gasteiger partial charge in [-0.05, 0) is 11.6 Å². The molecule has 1 N–H and O–H groups in total. The average Bonchev–Trinajstić information content (AvgIpc) is 2.12. The Bertz CT molecular complexity index is 488. The molecule has 3 nitrogen and oxygen atoms in total. The van der Waals surface area contributed by atoms with Gasteiger partial charge in [-0.1, -0.05) is 30.3 Å². The van der Waals surface area contributed by atoms with Crippen LogP contribution in [0.1, 0.15) is 5.56 Å². The quantitative estimate of drug-likeness (QED) is 0.822. The van der Waals surface area contributed by atoms with E-state index in [4.69, 9.17) is 4.55 Å². The normalized spacial score (nSPS) is 13.9. The Morgan fingerprint density at radius 2 is 1.69 bits per heavy atom. The largest absolute Gasteiger partial charge is 0.429 e. The van der Waals surface area contributed by atoms with Crippen molar-refractivity contribution in [3.8, 4) is 0 Å². The molecule has 0 fully saturated rings. The van der Waals surface area contributed by atoms with Crippen molar-refractivity contribution in [3.63, 3.8) is 0 Å². The Morgan fingerprint density at radius 1 is 1.19 bits per heavy atom. The van der Waals surface area contributed by atoms with Crippen molar-refractivity contribution in [2.24, 2.45) is 0 Å². The Hall–Kier alpha value is -1.34. The van der Waals surface area contributed by atoms with Crippen molar-refractivity contribution in [1.82, 2.24) is 0 Å². The van der Waals surface area contributed by atoms with Gasteiger partial charge in [-0.2, -0.15) is 21.6 Å². The summed E-state index contributed by atoms with van der Waals surface area (Å²) in [5.74, 6) is 0. The lowest BCUT2D eigenvalue weighted by Gasteiger charge is -2.08. The number of hydrogen-bond acceptors (Lipinski definition) is 2. The molecular formula is C9H7F3O3S. The Balaban J connectivity index is 3.30. The van der Waals surface area contributed by atoms with Crippen molar-refractivity contribution >= 4 is 16.2 Å². The van der Waals surface area contributed by atoms with Gasteiger partial charge in [0.1, 0.15) is 0 Å². The number of alkyl halides is 3. The fourth-order valence-electron chi connectivity index (χ4n) is 1.00. The third kappa shape index (κ3) is 3.35. The van der Waals surface area contributed by atoms with Gasteiger partial charge in [0.2, 0.25) is 0 Å². The van der Waals surface area contributed by atoms with Crippen molar-refractivity contribution < 1.29 is 26.1 Å². The molecule has 0 spiro atoms. The van der Waals surface area contributed by atoms with Crippen molar-refractivity contribution in [3.05, 3.63) is 40.8 Å². The summed E-state index contributed by atoms with van der Waals surface area (Å²) in [7, 11) is -5.28. The third-order valence-electron chi connectivity index (χ3n) is 1.65. The Morgan fingerprint density at radius 3 is 2.06 bits per heavy atom. The first-order valence-corrected chi connectivity index (χ1v) is 5.47. The summed E-state index contributed by atoms with van der Waals surface area (Å²) in [5, 5.41) is 0. The van der Waals surface area contributed by atoms with Gasteiger partial charge in [-0.25, -0.2) is 0 Å². The topological polar surface area (TPSA) is 54.4 Å². The molecular weight excluding hydrogens is 245 g/mol. The predicted molar refractivity (Wildman–Crippen MR) is 52.0 cm³/mol. The van der Waals surface area contributed by atoms with E-state index in [0.29, 0.717) is 6.08 Å². The first-order valence-electron chi connectivity index (χ1n) is 4.03. The zero-order valence-electron chi connectivity index (χ0n) is 7.77. The second kappa shape index (κ2) is 4.26. The van der Waals surface area contributed by atoms with Crippen LogP contribution < -0.4 is 0 Å². The van der Waals surface area contributed by atoms with E-state index in [1.54, 1.807) is 6.07 Å². The van der Waals surface area contributed by atoms with Crippen LogP contribution in [0.4, 0.5) is 13.2 Å². The van der Waals surface area contributed by atoms with Crippen LogP contribution in [0.5, 0.6) is 0 Å². The summed E-state index contributed by atoms with van der Waals surface area (Å²) in [6, 6.07) is 7.04. The molecule has 0 aliphatic carbocycles. The molecule has 1 aromatic carbocycles. The molecule has 0 saturated heterocycles. The minimum atomic E-state index is -5.28. The fourth-order valence-corrected chi connectivity index (χ4v) is 1.58. The maximum absolute atomic E-state index is 12.3.